The van der Waals surface area contributed by atoms with Crippen LogP contribution in [0.25, 0.3) is 0 Å². The van der Waals surface area contributed by atoms with Crippen LogP contribution in [0.15, 0.2) is 0 Å². The summed E-state index contributed by atoms with van der Waals surface area (Å²) in [5.41, 5.74) is 5.49. The maximum absolute atomic E-state index is 8.94. The molecule has 1 aliphatic heterocycles. The van der Waals surface area contributed by atoms with Crippen molar-refractivity contribution in [3.63, 3.8) is 0 Å². The summed E-state index contributed by atoms with van der Waals surface area (Å²) in [4.78, 5) is 2.47. The van der Waals surface area contributed by atoms with Crippen LogP contribution in [0.5, 0.6) is 0 Å². The topological polar surface area (TPSA) is 53.0 Å². The Balaban J connectivity index is 2.37. The van der Waals surface area contributed by atoms with Crippen molar-refractivity contribution < 1.29 is 0 Å². The van der Waals surface area contributed by atoms with E-state index < -0.39 is 0 Å². The largest absolute Gasteiger partial charge is 0.330 e. The lowest BCUT2D eigenvalue weighted by Gasteiger charge is -2.24. The number of hydrogen-bond donors (Lipinski definition) is 1. The van der Waals surface area contributed by atoms with Crippen molar-refractivity contribution in [2.45, 2.75) is 39.7 Å². The lowest BCUT2D eigenvalue weighted by atomic mass is 9.91. The molecule has 0 aromatic heterocycles. The summed E-state index contributed by atoms with van der Waals surface area (Å²) in [6.45, 7) is 9.21. The zero-order valence-corrected chi connectivity index (χ0v) is 10.2. The number of nitrogens with two attached hydrogens (primary N) is 1. The van der Waals surface area contributed by atoms with Crippen molar-refractivity contribution >= 4 is 0 Å². The van der Waals surface area contributed by atoms with Gasteiger partial charge in [-0.1, -0.05) is 0 Å². The molecule has 1 aliphatic rings. The Kier molecular flexibility index (Phi) is 4.12. The van der Waals surface area contributed by atoms with Crippen LogP contribution in [-0.4, -0.2) is 30.6 Å². The van der Waals surface area contributed by atoms with E-state index in [4.69, 9.17) is 11.0 Å². The predicted octanol–water partition coefficient (Wildman–Crippen LogP) is 1.60. The van der Waals surface area contributed by atoms with Crippen molar-refractivity contribution in [1.29, 1.82) is 5.26 Å². The van der Waals surface area contributed by atoms with E-state index in [9.17, 15) is 0 Å². The predicted molar refractivity (Wildman–Crippen MR) is 62.2 cm³/mol. The van der Waals surface area contributed by atoms with Gasteiger partial charge in [-0.2, -0.15) is 5.26 Å². The van der Waals surface area contributed by atoms with E-state index in [2.05, 4.69) is 17.9 Å². The van der Waals surface area contributed by atoms with Crippen molar-refractivity contribution in [1.82, 2.24) is 4.90 Å². The van der Waals surface area contributed by atoms with Gasteiger partial charge in [0.2, 0.25) is 0 Å². The monoisotopic (exact) mass is 209 g/mol. The number of nitrogens with zero attached hydrogens (tertiary/aromatic N) is 2. The van der Waals surface area contributed by atoms with Gasteiger partial charge in [-0.3, -0.25) is 0 Å². The molecule has 0 amide bonds. The average Bonchev–Trinajstić information content (AvgIpc) is 2.57. The summed E-state index contributed by atoms with van der Waals surface area (Å²) in [6.07, 6.45) is 2.16. The average molecular weight is 209 g/mol. The van der Waals surface area contributed by atoms with Gasteiger partial charge in [0.15, 0.2) is 0 Å². The van der Waals surface area contributed by atoms with E-state index in [1.54, 1.807) is 0 Å². The highest BCUT2D eigenvalue weighted by Gasteiger charge is 2.29. The number of likely N-dealkylation sites (tertiary alicyclic amines) is 1. The van der Waals surface area contributed by atoms with Crippen LogP contribution < -0.4 is 5.73 Å². The molecular weight excluding hydrogens is 186 g/mol. The Morgan fingerprint density at radius 1 is 1.53 bits per heavy atom. The Morgan fingerprint density at radius 2 is 2.20 bits per heavy atom. The van der Waals surface area contributed by atoms with Crippen LogP contribution in [0, 0.1) is 22.7 Å². The molecule has 3 heteroatoms. The van der Waals surface area contributed by atoms with E-state index in [0.29, 0.717) is 12.0 Å². The van der Waals surface area contributed by atoms with Gasteiger partial charge in [-0.05, 0) is 52.6 Å². The first-order valence-electron chi connectivity index (χ1n) is 5.84. The molecule has 2 unspecified atom stereocenters. The molecule has 15 heavy (non-hydrogen) atoms. The Morgan fingerprint density at radius 3 is 2.67 bits per heavy atom. The van der Waals surface area contributed by atoms with E-state index >= 15 is 0 Å². The highest BCUT2D eigenvalue weighted by molar-refractivity contribution is 4.93. The Hall–Kier alpha value is -0.590. The van der Waals surface area contributed by atoms with Crippen LogP contribution in [-0.2, 0) is 0 Å². The summed E-state index contributed by atoms with van der Waals surface area (Å²) < 4.78 is 0. The number of hydrogen-bond acceptors (Lipinski definition) is 3. The Labute approximate surface area is 93.2 Å². The first-order chi connectivity index (χ1) is 6.98. The van der Waals surface area contributed by atoms with Crippen LogP contribution in [0.1, 0.15) is 33.6 Å². The molecule has 0 bridgehead atoms. The molecule has 0 aromatic rings. The molecule has 1 rings (SSSR count). The molecule has 2 N–H and O–H groups in total. The van der Waals surface area contributed by atoms with Crippen molar-refractivity contribution in [3.8, 4) is 6.07 Å². The van der Waals surface area contributed by atoms with E-state index in [-0.39, 0.29) is 5.41 Å². The maximum Gasteiger partial charge on any atom is 0.0684 e. The lowest BCUT2D eigenvalue weighted by Crippen LogP contribution is -2.31. The molecule has 86 valence electrons. The minimum atomic E-state index is -0.194. The first-order valence-corrected chi connectivity index (χ1v) is 5.84. The highest BCUT2D eigenvalue weighted by atomic mass is 15.2. The highest BCUT2D eigenvalue weighted by Crippen LogP contribution is 2.25. The molecule has 3 nitrogen and oxygen atoms in total. The lowest BCUT2D eigenvalue weighted by molar-refractivity contribution is 0.233. The van der Waals surface area contributed by atoms with Crippen LogP contribution in [0.4, 0.5) is 0 Å². The Bertz CT molecular complexity index is 242. The van der Waals surface area contributed by atoms with Gasteiger partial charge in [0.25, 0.3) is 0 Å². The second-order valence-corrected chi connectivity index (χ2v) is 5.43. The summed E-state index contributed by atoms with van der Waals surface area (Å²) in [6, 6.07) is 2.99. The summed E-state index contributed by atoms with van der Waals surface area (Å²) in [5.74, 6) is 0.658. The second-order valence-electron chi connectivity index (χ2n) is 5.43. The van der Waals surface area contributed by atoms with Gasteiger partial charge < -0.3 is 10.6 Å². The first kappa shape index (κ1) is 12.5. The zero-order chi connectivity index (χ0) is 11.5. The third-order valence-corrected chi connectivity index (χ3v) is 3.45. The van der Waals surface area contributed by atoms with Gasteiger partial charge in [0.05, 0.1) is 11.5 Å². The van der Waals surface area contributed by atoms with Gasteiger partial charge in [0, 0.05) is 12.6 Å². The van der Waals surface area contributed by atoms with Crippen molar-refractivity contribution in [2.24, 2.45) is 17.1 Å². The summed E-state index contributed by atoms with van der Waals surface area (Å²) in [7, 11) is 0. The third-order valence-electron chi connectivity index (χ3n) is 3.45. The van der Waals surface area contributed by atoms with Crippen LogP contribution in [0.3, 0.4) is 0 Å². The molecule has 2 atom stereocenters. The van der Waals surface area contributed by atoms with Crippen molar-refractivity contribution in [3.05, 3.63) is 0 Å². The minimum Gasteiger partial charge on any atom is -0.330 e. The molecule has 1 saturated heterocycles. The van der Waals surface area contributed by atoms with E-state index in [1.807, 2.05) is 13.8 Å². The molecule has 1 heterocycles. The van der Waals surface area contributed by atoms with Gasteiger partial charge in [-0.15, -0.1) is 0 Å². The molecular formula is C12H23N3. The quantitative estimate of drug-likeness (QED) is 0.765. The smallest absolute Gasteiger partial charge is 0.0684 e. The van der Waals surface area contributed by atoms with Gasteiger partial charge >= 0.3 is 0 Å². The normalized spacial score (nSPS) is 27.9. The fraction of sp³-hybridized carbons (Fsp3) is 0.917. The molecule has 0 saturated carbocycles. The SMILES string of the molecule is CC1CC(CN)CN1CCC(C)(C)C#N. The standard InChI is InChI=1S/C12H23N3/c1-10-6-11(7-13)8-15(10)5-4-12(2,3)9-14/h10-11H,4-8,13H2,1-3H3. The van der Waals surface area contributed by atoms with Crippen LogP contribution >= 0.6 is 0 Å². The fourth-order valence-corrected chi connectivity index (χ4v) is 2.18. The molecule has 0 aromatic carbocycles. The number of rotatable bonds is 4. The molecule has 1 fully saturated rings. The van der Waals surface area contributed by atoms with Crippen LogP contribution in [0.2, 0.25) is 0 Å². The second kappa shape index (κ2) is 4.96. The number of nitriles is 1. The zero-order valence-electron chi connectivity index (χ0n) is 10.2. The van der Waals surface area contributed by atoms with E-state index in [0.717, 1.165) is 26.1 Å². The molecule has 0 aliphatic carbocycles. The molecule has 0 radical (unpaired) electrons. The van der Waals surface area contributed by atoms with Gasteiger partial charge in [0.1, 0.15) is 0 Å². The maximum atomic E-state index is 8.94. The summed E-state index contributed by atoms with van der Waals surface area (Å²) >= 11 is 0. The molecule has 0 spiro atoms. The van der Waals surface area contributed by atoms with Crippen molar-refractivity contribution in [2.75, 3.05) is 19.6 Å². The summed E-state index contributed by atoms with van der Waals surface area (Å²) in [5, 5.41) is 8.94. The third kappa shape index (κ3) is 3.48. The van der Waals surface area contributed by atoms with E-state index in [1.165, 1.54) is 6.42 Å². The van der Waals surface area contributed by atoms with Gasteiger partial charge in [-0.25, -0.2) is 0 Å². The fourth-order valence-electron chi connectivity index (χ4n) is 2.18. The minimum absolute atomic E-state index is 0.194.